The van der Waals surface area contributed by atoms with Gasteiger partial charge in [0.25, 0.3) is 0 Å². The molecule has 3 N–H and O–H groups in total. The quantitative estimate of drug-likeness (QED) is 0.797. The fraction of sp³-hybridized carbons (Fsp3) is 0.278. The third-order valence-electron chi connectivity index (χ3n) is 3.50. The second-order valence-electron chi connectivity index (χ2n) is 5.30. The van der Waals surface area contributed by atoms with Crippen LogP contribution in [-0.2, 0) is 11.2 Å². The Morgan fingerprint density at radius 2 is 1.90 bits per heavy atom. The van der Waals surface area contributed by atoms with Gasteiger partial charge in [0.15, 0.2) is 0 Å². The largest absolute Gasteiger partial charge is 0.399 e. The van der Waals surface area contributed by atoms with Gasteiger partial charge in [-0.25, -0.2) is 0 Å². The molecule has 0 saturated carbocycles. The van der Waals surface area contributed by atoms with Crippen molar-refractivity contribution >= 4 is 11.6 Å². The van der Waals surface area contributed by atoms with Crippen LogP contribution in [0.5, 0.6) is 0 Å². The first-order chi connectivity index (χ1) is 10.1. The van der Waals surface area contributed by atoms with Gasteiger partial charge in [-0.2, -0.15) is 0 Å². The summed E-state index contributed by atoms with van der Waals surface area (Å²) >= 11 is 0. The highest BCUT2D eigenvalue weighted by Gasteiger charge is 2.09. The van der Waals surface area contributed by atoms with Crippen LogP contribution in [0.4, 0.5) is 5.69 Å². The molecule has 0 aliphatic heterocycles. The van der Waals surface area contributed by atoms with Gasteiger partial charge in [0.1, 0.15) is 0 Å². The molecule has 110 valence electrons. The highest BCUT2D eigenvalue weighted by molar-refractivity contribution is 5.76. The number of carbonyl (C=O) groups is 1. The lowest BCUT2D eigenvalue weighted by Gasteiger charge is -2.14. The highest BCUT2D eigenvalue weighted by atomic mass is 16.1. The minimum absolute atomic E-state index is 0.0160. The van der Waals surface area contributed by atoms with Gasteiger partial charge in [0, 0.05) is 12.1 Å². The van der Waals surface area contributed by atoms with Gasteiger partial charge in [-0.05, 0) is 43.0 Å². The van der Waals surface area contributed by atoms with Gasteiger partial charge < -0.3 is 11.1 Å². The summed E-state index contributed by atoms with van der Waals surface area (Å²) in [6, 6.07) is 17.8. The standard InChI is InChI=1S/C18H22N2O/c1-14(16-10-6-11-17(19)13-16)20-18(21)12-5-9-15-7-3-2-4-8-15/h2-4,6-8,10-11,13-14H,5,9,12,19H2,1H3,(H,20,21). The first kappa shape index (κ1) is 15.1. The van der Waals surface area contributed by atoms with E-state index < -0.39 is 0 Å². The number of carbonyl (C=O) groups excluding carboxylic acids is 1. The molecule has 0 heterocycles. The maximum Gasteiger partial charge on any atom is 0.220 e. The summed E-state index contributed by atoms with van der Waals surface area (Å²) in [5.41, 5.74) is 8.79. The number of nitrogens with two attached hydrogens (primary N) is 1. The summed E-state index contributed by atoms with van der Waals surface area (Å²) in [6.45, 7) is 1.98. The van der Waals surface area contributed by atoms with Crippen molar-refractivity contribution in [2.24, 2.45) is 0 Å². The molecule has 3 heteroatoms. The zero-order valence-electron chi connectivity index (χ0n) is 12.4. The topological polar surface area (TPSA) is 55.1 Å². The second kappa shape index (κ2) is 7.48. The van der Waals surface area contributed by atoms with Crippen molar-refractivity contribution in [1.29, 1.82) is 0 Å². The van der Waals surface area contributed by atoms with Gasteiger partial charge in [0.05, 0.1) is 6.04 Å². The molecule has 0 fully saturated rings. The van der Waals surface area contributed by atoms with Crippen molar-refractivity contribution in [2.75, 3.05) is 5.73 Å². The summed E-state index contributed by atoms with van der Waals surface area (Å²) in [5, 5.41) is 3.02. The molecule has 0 saturated heterocycles. The molecular weight excluding hydrogens is 260 g/mol. The molecule has 0 radical (unpaired) electrons. The number of nitrogens with one attached hydrogen (secondary N) is 1. The van der Waals surface area contributed by atoms with Crippen molar-refractivity contribution in [3.05, 3.63) is 65.7 Å². The Morgan fingerprint density at radius 1 is 1.14 bits per heavy atom. The zero-order valence-corrected chi connectivity index (χ0v) is 12.4. The average Bonchev–Trinajstić information content (AvgIpc) is 2.48. The molecule has 1 unspecified atom stereocenters. The van der Waals surface area contributed by atoms with Gasteiger partial charge in [-0.3, -0.25) is 4.79 Å². The van der Waals surface area contributed by atoms with Crippen LogP contribution in [0.2, 0.25) is 0 Å². The minimum Gasteiger partial charge on any atom is -0.399 e. The normalized spacial score (nSPS) is 11.9. The SMILES string of the molecule is CC(NC(=O)CCCc1ccccc1)c1cccc(N)c1. The number of hydrogen-bond acceptors (Lipinski definition) is 2. The number of amides is 1. The van der Waals surface area contributed by atoms with Crippen LogP contribution in [0, 0.1) is 0 Å². The molecule has 0 aromatic heterocycles. The molecule has 2 aromatic rings. The smallest absolute Gasteiger partial charge is 0.220 e. The summed E-state index contributed by atoms with van der Waals surface area (Å²) in [4.78, 5) is 12.0. The molecule has 2 aromatic carbocycles. The summed E-state index contributed by atoms with van der Waals surface area (Å²) in [5.74, 6) is 0.0841. The molecule has 2 rings (SSSR count). The Labute approximate surface area is 126 Å². The van der Waals surface area contributed by atoms with E-state index in [1.165, 1.54) is 5.56 Å². The van der Waals surface area contributed by atoms with Crippen molar-refractivity contribution in [2.45, 2.75) is 32.2 Å². The van der Waals surface area contributed by atoms with E-state index in [0.29, 0.717) is 6.42 Å². The lowest BCUT2D eigenvalue weighted by Crippen LogP contribution is -2.26. The van der Waals surface area contributed by atoms with E-state index in [2.05, 4.69) is 17.4 Å². The molecule has 0 spiro atoms. The van der Waals surface area contributed by atoms with Crippen LogP contribution in [-0.4, -0.2) is 5.91 Å². The molecule has 1 atom stereocenters. The van der Waals surface area contributed by atoms with E-state index in [1.54, 1.807) is 0 Å². The Morgan fingerprint density at radius 3 is 2.62 bits per heavy atom. The lowest BCUT2D eigenvalue weighted by molar-refractivity contribution is -0.121. The Bertz CT molecular complexity index is 581. The first-order valence-corrected chi connectivity index (χ1v) is 7.34. The van der Waals surface area contributed by atoms with E-state index in [0.717, 1.165) is 24.1 Å². The van der Waals surface area contributed by atoms with Gasteiger partial charge in [-0.15, -0.1) is 0 Å². The number of rotatable bonds is 6. The molecule has 3 nitrogen and oxygen atoms in total. The predicted octanol–water partition coefficient (Wildman–Crippen LogP) is 3.47. The van der Waals surface area contributed by atoms with E-state index in [9.17, 15) is 4.79 Å². The van der Waals surface area contributed by atoms with Crippen molar-refractivity contribution in [3.8, 4) is 0 Å². The third-order valence-corrected chi connectivity index (χ3v) is 3.50. The molecule has 1 amide bonds. The monoisotopic (exact) mass is 282 g/mol. The third kappa shape index (κ3) is 4.95. The minimum atomic E-state index is -0.0160. The maximum atomic E-state index is 12.0. The molecule has 0 bridgehead atoms. The molecule has 0 aliphatic carbocycles. The van der Waals surface area contributed by atoms with Crippen LogP contribution in [0.3, 0.4) is 0 Å². The molecule has 0 aliphatic rings. The zero-order chi connectivity index (χ0) is 15.1. The van der Waals surface area contributed by atoms with E-state index in [1.807, 2.05) is 49.4 Å². The van der Waals surface area contributed by atoms with Crippen LogP contribution >= 0.6 is 0 Å². The number of aryl methyl sites for hydroxylation is 1. The lowest BCUT2D eigenvalue weighted by atomic mass is 10.1. The van der Waals surface area contributed by atoms with Crippen LogP contribution in [0.15, 0.2) is 54.6 Å². The fourth-order valence-electron chi connectivity index (χ4n) is 2.32. The van der Waals surface area contributed by atoms with Crippen molar-refractivity contribution < 1.29 is 4.79 Å². The molecular formula is C18H22N2O. The first-order valence-electron chi connectivity index (χ1n) is 7.34. The highest BCUT2D eigenvalue weighted by Crippen LogP contribution is 2.15. The Kier molecular flexibility index (Phi) is 5.38. The second-order valence-corrected chi connectivity index (χ2v) is 5.30. The van der Waals surface area contributed by atoms with Gasteiger partial charge in [0.2, 0.25) is 5.91 Å². The van der Waals surface area contributed by atoms with Crippen LogP contribution in [0.1, 0.15) is 36.9 Å². The number of nitrogen functional groups attached to an aromatic ring is 1. The van der Waals surface area contributed by atoms with E-state index >= 15 is 0 Å². The van der Waals surface area contributed by atoms with E-state index in [-0.39, 0.29) is 11.9 Å². The molecule has 21 heavy (non-hydrogen) atoms. The Balaban J connectivity index is 1.76. The summed E-state index contributed by atoms with van der Waals surface area (Å²) < 4.78 is 0. The van der Waals surface area contributed by atoms with Crippen LogP contribution in [0.25, 0.3) is 0 Å². The number of anilines is 1. The maximum absolute atomic E-state index is 12.0. The van der Waals surface area contributed by atoms with Gasteiger partial charge in [-0.1, -0.05) is 42.5 Å². The summed E-state index contributed by atoms with van der Waals surface area (Å²) in [7, 11) is 0. The van der Waals surface area contributed by atoms with Crippen molar-refractivity contribution in [3.63, 3.8) is 0 Å². The Hall–Kier alpha value is -2.29. The average molecular weight is 282 g/mol. The number of benzene rings is 2. The summed E-state index contributed by atoms with van der Waals surface area (Å²) in [6.07, 6.45) is 2.34. The van der Waals surface area contributed by atoms with E-state index in [4.69, 9.17) is 5.73 Å². The number of hydrogen-bond donors (Lipinski definition) is 2. The van der Waals surface area contributed by atoms with Crippen molar-refractivity contribution in [1.82, 2.24) is 5.32 Å². The van der Waals surface area contributed by atoms with Crippen LogP contribution < -0.4 is 11.1 Å². The predicted molar refractivity (Wildman–Crippen MR) is 86.8 cm³/mol. The van der Waals surface area contributed by atoms with Gasteiger partial charge >= 0.3 is 0 Å². The fourth-order valence-corrected chi connectivity index (χ4v) is 2.32.